The maximum absolute atomic E-state index is 13.7. The number of fused-ring (bicyclic) bond motifs is 2. The number of carbonyl (C=O) groups is 1. The van der Waals surface area contributed by atoms with E-state index in [0.29, 0.717) is 17.3 Å². The maximum atomic E-state index is 13.7. The van der Waals surface area contributed by atoms with Gasteiger partial charge in [0.25, 0.3) is 11.7 Å². The summed E-state index contributed by atoms with van der Waals surface area (Å²) >= 11 is 0. The van der Waals surface area contributed by atoms with E-state index in [1.54, 1.807) is 10.7 Å². The van der Waals surface area contributed by atoms with E-state index >= 15 is 0 Å². The van der Waals surface area contributed by atoms with Gasteiger partial charge in [0.1, 0.15) is 6.33 Å². The summed E-state index contributed by atoms with van der Waals surface area (Å²) in [6.45, 7) is 8.64. The van der Waals surface area contributed by atoms with E-state index in [1.165, 1.54) is 11.9 Å². The average Bonchev–Trinajstić information content (AvgIpc) is 3.23. The lowest BCUT2D eigenvalue weighted by Gasteiger charge is -2.46. The first-order chi connectivity index (χ1) is 14.9. The van der Waals surface area contributed by atoms with Crippen LogP contribution in [0.4, 0.5) is 5.69 Å². The van der Waals surface area contributed by atoms with E-state index < -0.39 is 0 Å². The van der Waals surface area contributed by atoms with Crippen LogP contribution in [0.3, 0.4) is 0 Å². The quantitative estimate of drug-likeness (QED) is 0.464. The zero-order valence-corrected chi connectivity index (χ0v) is 18.2. The Morgan fingerprint density at radius 1 is 1.10 bits per heavy atom. The number of benzene rings is 2. The third-order valence-electron chi connectivity index (χ3n) is 6.24. The van der Waals surface area contributed by atoms with Crippen molar-refractivity contribution < 1.29 is 4.79 Å². The number of rotatable bonds is 2. The summed E-state index contributed by atoms with van der Waals surface area (Å²) in [7, 11) is 0. The highest BCUT2D eigenvalue weighted by atomic mass is 16.2. The number of carbonyl (C=O) groups excluding carboxylic acids is 1. The van der Waals surface area contributed by atoms with E-state index in [4.69, 9.17) is 0 Å². The van der Waals surface area contributed by atoms with Crippen molar-refractivity contribution in [3.8, 4) is 11.3 Å². The number of amides is 1. The zero-order valence-electron chi connectivity index (χ0n) is 18.2. The number of nitrogens with zero attached hydrogens (tertiary/aromatic N) is 5. The molecule has 5 rings (SSSR count). The molecule has 4 aromatic rings. The largest absolute Gasteiger partial charge is 0.302 e. The molecule has 1 unspecified atom stereocenters. The fraction of sp³-hybridized carbons (Fsp3) is 0.280. The Morgan fingerprint density at radius 3 is 2.65 bits per heavy atom. The van der Waals surface area contributed by atoms with Crippen molar-refractivity contribution in [3.63, 3.8) is 0 Å². The molecule has 0 saturated heterocycles. The molecule has 0 fully saturated rings. The van der Waals surface area contributed by atoms with Gasteiger partial charge in [0.15, 0.2) is 0 Å². The summed E-state index contributed by atoms with van der Waals surface area (Å²) < 4.78 is 1.75. The molecule has 6 heteroatoms. The second-order valence-electron chi connectivity index (χ2n) is 8.95. The van der Waals surface area contributed by atoms with Crippen LogP contribution in [-0.2, 0) is 0 Å². The highest BCUT2D eigenvalue weighted by Crippen LogP contribution is 2.46. The van der Waals surface area contributed by atoms with Crippen LogP contribution in [0.5, 0.6) is 0 Å². The van der Waals surface area contributed by atoms with E-state index in [-0.39, 0.29) is 11.4 Å². The van der Waals surface area contributed by atoms with Gasteiger partial charge in [-0.05, 0) is 68.5 Å². The van der Waals surface area contributed by atoms with Crippen LogP contribution in [0.25, 0.3) is 17.0 Å². The lowest BCUT2D eigenvalue weighted by atomic mass is 9.78. The third kappa shape index (κ3) is 3.10. The van der Waals surface area contributed by atoms with Gasteiger partial charge >= 0.3 is 0 Å². The fourth-order valence-electron chi connectivity index (χ4n) is 4.90. The number of aryl methyl sites for hydroxylation is 1. The van der Waals surface area contributed by atoms with Crippen LogP contribution in [0.1, 0.15) is 54.6 Å². The Balaban J connectivity index is 1.73. The van der Waals surface area contributed by atoms with Gasteiger partial charge in [0, 0.05) is 28.6 Å². The van der Waals surface area contributed by atoms with E-state index in [9.17, 15) is 4.79 Å². The molecule has 1 aliphatic heterocycles. The predicted octanol–water partition coefficient (Wildman–Crippen LogP) is 5.03. The minimum absolute atomic E-state index is 0.0224. The average molecular weight is 412 g/mol. The first kappa shape index (κ1) is 19.4. The van der Waals surface area contributed by atoms with Crippen LogP contribution < -0.4 is 4.90 Å². The second-order valence-corrected chi connectivity index (χ2v) is 8.95. The smallest absolute Gasteiger partial charge is 0.258 e. The van der Waals surface area contributed by atoms with Crippen LogP contribution in [-0.4, -0.2) is 31.0 Å². The molecule has 2 aromatic carbocycles. The molecule has 2 aromatic heterocycles. The minimum Gasteiger partial charge on any atom is -0.302 e. The standard InChI is InChI=1S/C25H25N5O/c1-16-12-19-17(2)14-25(3,4)29(23(31)18-8-6-5-7-9-18)22(19)13-20(16)21-10-11-26-24-27-15-28-30(21)24/h5-13,15,17H,14H2,1-4H3. The Hall–Kier alpha value is -3.54. The third-order valence-corrected chi connectivity index (χ3v) is 6.24. The summed E-state index contributed by atoms with van der Waals surface area (Å²) in [4.78, 5) is 24.2. The topological polar surface area (TPSA) is 63.4 Å². The molecule has 3 heterocycles. The summed E-state index contributed by atoms with van der Waals surface area (Å²) in [6.07, 6.45) is 4.16. The molecule has 31 heavy (non-hydrogen) atoms. The van der Waals surface area contributed by atoms with Crippen LogP contribution in [0.2, 0.25) is 0 Å². The first-order valence-electron chi connectivity index (χ1n) is 10.6. The Morgan fingerprint density at radius 2 is 1.87 bits per heavy atom. The normalized spacial score (nSPS) is 17.5. The predicted molar refractivity (Wildman–Crippen MR) is 121 cm³/mol. The SMILES string of the molecule is Cc1cc2c(cc1-c1ccnc3ncnn13)N(C(=O)c1ccccc1)C(C)(C)CC2C. The molecular weight excluding hydrogens is 386 g/mol. The van der Waals surface area contributed by atoms with Crippen molar-refractivity contribution in [1.82, 2.24) is 19.6 Å². The summed E-state index contributed by atoms with van der Waals surface area (Å²) in [5.74, 6) is 0.927. The maximum Gasteiger partial charge on any atom is 0.258 e. The van der Waals surface area contributed by atoms with Crippen molar-refractivity contribution >= 4 is 17.4 Å². The van der Waals surface area contributed by atoms with E-state index in [0.717, 1.165) is 28.9 Å². The fourth-order valence-corrected chi connectivity index (χ4v) is 4.90. The molecule has 156 valence electrons. The van der Waals surface area contributed by atoms with Crippen molar-refractivity contribution in [2.75, 3.05) is 4.90 Å². The van der Waals surface area contributed by atoms with Gasteiger partial charge in [-0.2, -0.15) is 14.6 Å². The molecule has 0 N–H and O–H groups in total. The van der Waals surface area contributed by atoms with Crippen molar-refractivity contribution in [2.45, 2.75) is 45.6 Å². The van der Waals surface area contributed by atoms with Gasteiger partial charge in [0.05, 0.1) is 5.69 Å². The summed E-state index contributed by atoms with van der Waals surface area (Å²) in [5, 5.41) is 4.36. The van der Waals surface area contributed by atoms with Gasteiger partial charge in [0.2, 0.25) is 0 Å². The van der Waals surface area contributed by atoms with Gasteiger partial charge < -0.3 is 4.90 Å². The number of hydrogen-bond donors (Lipinski definition) is 0. The van der Waals surface area contributed by atoms with Crippen molar-refractivity contribution in [1.29, 1.82) is 0 Å². The lowest BCUT2D eigenvalue weighted by molar-refractivity contribution is 0.0954. The molecule has 0 bridgehead atoms. The van der Waals surface area contributed by atoms with Crippen LogP contribution in [0, 0.1) is 6.92 Å². The molecule has 0 saturated carbocycles. The lowest BCUT2D eigenvalue weighted by Crippen LogP contribution is -2.51. The highest BCUT2D eigenvalue weighted by molar-refractivity contribution is 6.08. The van der Waals surface area contributed by atoms with Gasteiger partial charge in [-0.15, -0.1) is 0 Å². The molecule has 1 aliphatic rings. The Bertz CT molecular complexity index is 1290. The molecule has 1 atom stereocenters. The monoisotopic (exact) mass is 411 g/mol. The van der Waals surface area contributed by atoms with Crippen LogP contribution in [0.15, 0.2) is 61.1 Å². The van der Waals surface area contributed by atoms with Gasteiger partial charge in [-0.25, -0.2) is 4.98 Å². The second kappa shape index (κ2) is 7.01. The molecule has 1 amide bonds. The van der Waals surface area contributed by atoms with Crippen molar-refractivity contribution in [3.05, 3.63) is 77.7 Å². The summed E-state index contributed by atoms with van der Waals surface area (Å²) in [5.41, 5.74) is 5.61. The van der Waals surface area contributed by atoms with Crippen LogP contribution >= 0.6 is 0 Å². The summed E-state index contributed by atoms with van der Waals surface area (Å²) in [6, 6.07) is 15.8. The van der Waals surface area contributed by atoms with Crippen molar-refractivity contribution in [2.24, 2.45) is 0 Å². The molecular formula is C25H25N5O. The highest BCUT2D eigenvalue weighted by Gasteiger charge is 2.40. The number of anilines is 1. The number of hydrogen-bond acceptors (Lipinski definition) is 4. The Labute approximate surface area is 181 Å². The van der Waals surface area contributed by atoms with E-state index in [2.05, 4.69) is 54.9 Å². The first-order valence-corrected chi connectivity index (χ1v) is 10.6. The van der Waals surface area contributed by atoms with Gasteiger partial charge in [-0.3, -0.25) is 4.79 Å². The molecule has 0 spiro atoms. The minimum atomic E-state index is -0.313. The molecule has 0 radical (unpaired) electrons. The van der Waals surface area contributed by atoms with Gasteiger partial charge in [-0.1, -0.05) is 31.2 Å². The molecule has 6 nitrogen and oxygen atoms in total. The van der Waals surface area contributed by atoms with E-state index in [1.807, 2.05) is 41.3 Å². The zero-order chi connectivity index (χ0) is 21.8. The molecule has 0 aliphatic carbocycles. The number of aromatic nitrogens is 4. The Kier molecular flexibility index (Phi) is 4.39.